The second-order valence-electron chi connectivity index (χ2n) is 7.23. The lowest BCUT2D eigenvalue weighted by Crippen LogP contribution is -2.22. The number of ether oxygens (including phenoxy) is 1. The molecule has 2 N–H and O–H groups in total. The number of carbonyl (C=O) groups excluding carboxylic acids is 1. The highest BCUT2D eigenvalue weighted by Crippen LogP contribution is 2.22. The summed E-state index contributed by atoms with van der Waals surface area (Å²) in [4.78, 5) is 12.2. The lowest BCUT2D eigenvalue weighted by Gasteiger charge is -2.14. The molecular weight excluding hydrogens is 324 g/mol. The number of hydrogen-bond acceptors (Lipinski definition) is 3. The van der Waals surface area contributed by atoms with Crippen molar-refractivity contribution in [3.05, 3.63) is 53.1 Å². The van der Waals surface area contributed by atoms with Crippen molar-refractivity contribution in [2.24, 2.45) is 5.92 Å². The summed E-state index contributed by atoms with van der Waals surface area (Å²) in [7, 11) is 0. The van der Waals surface area contributed by atoms with E-state index in [1.165, 1.54) is 5.56 Å². The van der Waals surface area contributed by atoms with E-state index in [1.54, 1.807) is 0 Å². The van der Waals surface area contributed by atoms with E-state index in [1.807, 2.05) is 38.1 Å². The summed E-state index contributed by atoms with van der Waals surface area (Å²) < 4.78 is 5.71. The van der Waals surface area contributed by atoms with Gasteiger partial charge in [0.05, 0.1) is 13.2 Å². The van der Waals surface area contributed by atoms with Gasteiger partial charge in [-0.3, -0.25) is 4.79 Å². The summed E-state index contributed by atoms with van der Waals surface area (Å²) in [6.07, 6.45) is 1.04. The molecule has 26 heavy (non-hydrogen) atoms. The van der Waals surface area contributed by atoms with E-state index >= 15 is 0 Å². The molecule has 4 heteroatoms. The van der Waals surface area contributed by atoms with Gasteiger partial charge in [0.15, 0.2) is 0 Å². The first-order valence-corrected chi connectivity index (χ1v) is 9.19. The number of carbonyl (C=O) groups is 1. The molecule has 2 rings (SSSR count). The predicted molar refractivity (Wildman–Crippen MR) is 109 cm³/mol. The summed E-state index contributed by atoms with van der Waals surface area (Å²) >= 11 is 0. The van der Waals surface area contributed by atoms with Crippen molar-refractivity contribution in [3.8, 4) is 5.75 Å². The number of rotatable bonds is 8. The third-order valence-corrected chi connectivity index (χ3v) is 4.21. The molecule has 0 atom stereocenters. The van der Waals surface area contributed by atoms with Crippen molar-refractivity contribution >= 4 is 17.3 Å². The third kappa shape index (κ3) is 6.10. The number of nitrogens with one attached hydrogen (secondary N) is 2. The zero-order chi connectivity index (χ0) is 19.1. The average molecular weight is 354 g/mol. The van der Waals surface area contributed by atoms with Crippen LogP contribution in [-0.4, -0.2) is 19.1 Å². The molecule has 0 heterocycles. The highest BCUT2D eigenvalue weighted by molar-refractivity contribution is 5.95. The normalized spacial score (nSPS) is 10.7. The first-order chi connectivity index (χ1) is 12.3. The largest absolute Gasteiger partial charge is 0.494 e. The third-order valence-electron chi connectivity index (χ3n) is 4.21. The Morgan fingerprint density at radius 3 is 2.23 bits per heavy atom. The van der Waals surface area contributed by atoms with E-state index in [2.05, 4.69) is 43.5 Å². The standard InChI is InChI=1S/C22H30N2O2/c1-15(2)10-11-26-20-8-6-19(7-9-20)23-14-21(25)24-22-17(4)12-16(3)13-18(22)5/h6-9,12-13,15,23H,10-11,14H2,1-5H3,(H,24,25). The lowest BCUT2D eigenvalue weighted by molar-refractivity contribution is -0.114. The average Bonchev–Trinajstić information content (AvgIpc) is 2.57. The molecule has 0 unspecified atom stereocenters. The maximum absolute atomic E-state index is 12.2. The van der Waals surface area contributed by atoms with Crippen LogP contribution in [0.15, 0.2) is 36.4 Å². The van der Waals surface area contributed by atoms with Gasteiger partial charge in [0.1, 0.15) is 5.75 Å². The molecule has 0 aromatic heterocycles. The summed E-state index contributed by atoms with van der Waals surface area (Å²) in [6, 6.07) is 11.9. The molecule has 0 aliphatic carbocycles. The van der Waals surface area contributed by atoms with E-state index in [4.69, 9.17) is 4.74 Å². The van der Waals surface area contributed by atoms with E-state index in [0.29, 0.717) is 5.92 Å². The van der Waals surface area contributed by atoms with Crippen LogP contribution in [0.4, 0.5) is 11.4 Å². The summed E-state index contributed by atoms with van der Waals surface area (Å²) in [6.45, 7) is 11.4. The fourth-order valence-corrected chi connectivity index (χ4v) is 2.82. The Morgan fingerprint density at radius 2 is 1.65 bits per heavy atom. The molecule has 1 amide bonds. The molecule has 0 aliphatic rings. The van der Waals surface area contributed by atoms with Gasteiger partial charge in [0.2, 0.25) is 5.91 Å². The molecule has 2 aromatic carbocycles. The smallest absolute Gasteiger partial charge is 0.243 e. The molecule has 0 fully saturated rings. The molecule has 140 valence electrons. The van der Waals surface area contributed by atoms with Crippen LogP contribution in [0.3, 0.4) is 0 Å². The molecule has 0 spiro atoms. The molecule has 0 saturated heterocycles. The van der Waals surface area contributed by atoms with Gasteiger partial charge >= 0.3 is 0 Å². The quantitative estimate of drug-likeness (QED) is 0.694. The first-order valence-electron chi connectivity index (χ1n) is 9.19. The van der Waals surface area contributed by atoms with Crippen molar-refractivity contribution in [2.75, 3.05) is 23.8 Å². The molecule has 0 bridgehead atoms. The van der Waals surface area contributed by atoms with Crippen molar-refractivity contribution in [3.63, 3.8) is 0 Å². The van der Waals surface area contributed by atoms with Crippen LogP contribution < -0.4 is 15.4 Å². The van der Waals surface area contributed by atoms with Crippen LogP contribution in [0, 0.1) is 26.7 Å². The van der Waals surface area contributed by atoms with E-state index < -0.39 is 0 Å². The van der Waals surface area contributed by atoms with E-state index in [-0.39, 0.29) is 12.5 Å². The maximum atomic E-state index is 12.2. The molecule has 0 aliphatic heterocycles. The van der Waals surface area contributed by atoms with Crippen LogP contribution in [0.2, 0.25) is 0 Å². The Labute approximate surface area is 157 Å². The number of aryl methyl sites for hydroxylation is 3. The number of benzene rings is 2. The van der Waals surface area contributed by atoms with Crippen LogP contribution in [0.1, 0.15) is 37.0 Å². The summed E-state index contributed by atoms with van der Waals surface area (Å²) in [5, 5.41) is 6.15. The highest BCUT2D eigenvalue weighted by atomic mass is 16.5. The Bertz CT molecular complexity index is 713. The van der Waals surface area contributed by atoms with Gasteiger partial charge in [-0.05, 0) is 68.5 Å². The second kappa shape index (κ2) is 9.27. The van der Waals surface area contributed by atoms with Crippen LogP contribution in [0.25, 0.3) is 0 Å². The van der Waals surface area contributed by atoms with Crippen LogP contribution in [-0.2, 0) is 4.79 Å². The topological polar surface area (TPSA) is 50.4 Å². The molecule has 0 radical (unpaired) electrons. The summed E-state index contributed by atoms with van der Waals surface area (Å²) in [5.74, 6) is 1.43. The van der Waals surface area contributed by atoms with Gasteiger partial charge in [-0.1, -0.05) is 31.5 Å². The number of anilines is 2. The summed E-state index contributed by atoms with van der Waals surface area (Å²) in [5.41, 5.74) is 5.16. The van der Waals surface area contributed by atoms with Crippen molar-refractivity contribution in [1.82, 2.24) is 0 Å². The van der Waals surface area contributed by atoms with Gasteiger partial charge < -0.3 is 15.4 Å². The Hall–Kier alpha value is -2.49. The zero-order valence-corrected chi connectivity index (χ0v) is 16.5. The number of hydrogen-bond donors (Lipinski definition) is 2. The number of amides is 1. The predicted octanol–water partition coefficient (Wildman–Crippen LogP) is 5.09. The fourth-order valence-electron chi connectivity index (χ4n) is 2.82. The lowest BCUT2D eigenvalue weighted by atomic mass is 10.1. The van der Waals surface area contributed by atoms with Gasteiger partial charge in [0, 0.05) is 11.4 Å². The van der Waals surface area contributed by atoms with Gasteiger partial charge in [-0.2, -0.15) is 0 Å². The Morgan fingerprint density at radius 1 is 1.04 bits per heavy atom. The Kier molecular flexibility index (Phi) is 7.07. The second-order valence-corrected chi connectivity index (χ2v) is 7.23. The minimum absolute atomic E-state index is 0.0580. The SMILES string of the molecule is Cc1cc(C)c(NC(=O)CNc2ccc(OCCC(C)C)cc2)c(C)c1. The molecule has 2 aromatic rings. The minimum Gasteiger partial charge on any atom is -0.494 e. The molecule has 0 saturated carbocycles. The van der Waals surface area contributed by atoms with Crippen molar-refractivity contribution in [1.29, 1.82) is 0 Å². The minimum atomic E-state index is -0.0580. The molecular formula is C22H30N2O2. The zero-order valence-electron chi connectivity index (χ0n) is 16.5. The first kappa shape index (κ1) is 19.8. The van der Waals surface area contributed by atoms with Crippen LogP contribution in [0.5, 0.6) is 5.75 Å². The van der Waals surface area contributed by atoms with Crippen molar-refractivity contribution < 1.29 is 9.53 Å². The van der Waals surface area contributed by atoms with Gasteiger partial charge in [-0.25, -0.2) is 0 Å². The van der Waals surface area contributed by atoms with E-state index in [0.717, 1.165) is 41.3 Å². The maximum Gasteiger partial charge on any atom is 0.243 e. The monoisotopic (exact) mass is 354 g/mol. The van der Waals surface area contributed by atoms with Crippen molar-refractivity contribution in [2.45, 2.75) is 41.0 Å². The highest BCUT2D eigenvalue weighted by Gasteiger charge is 2.08. The van der Waals surface area contributed by atoms with Crippen LogP contribution >= 0.6 is 0 Å². The Balaban J connectivity index is 1.84. The van der Waals surface area contributed by atoms with E-state index in [9.17, 15) is 4.79 Å². The van der Waals surface area contributed by atoms with Gasteiger partial charge in [-0.15, -0.1) is 0 Å². The van der Waals surface area contributed by atoms with Gasteiger partial charge in [0.25, 0.3) is 0 Å². The fraction of sp³-hybridized carbons (Fsp3) is 0.409. The molecule has 4 nitrogen and oxygen atoms in total.